The lowest BCUT2D eigenvalue weighted by atomic mass is 10.2. The third kappa shape index (κ3) is 4.44. The number of nitrogens with zero attached hydrogens (tertiary/aromatic N) is 2. The number of anilines is 2. The van der Waals surface area contributed by atoms with Crippen LogP contribution in [0.5, 0.6) is 0 Å². The Morgan fingerprint density at radius 3 is 2.52 bits per heavy atom. The SMILES string of the molecule is O=C(Nc1ccc(S(=O)(=O)Nc2ccc(Cl)nn2)cc1)C1CCCO1. The second kappa shape index (κ2) is 7.34. The monoisotopic (exact) mass is 382 g/mol. The summed E-state index contributed by atoms with van der Waals surface area (Å²) in [6, 6.07) is 8.62. The van der Waals surface area contributed by atoms with Crippen LogP contribution < -0.4 is 10.0 Å². The second-order valence-electron chi connectivity index (χ2n) is 5.36. The molecule has 0 spiro atoms. The van der Waals surface area contributed by atoms with E-state index >= 15 is 0 Å². The highest BCUT2D eigenvalue weighted by molar-refractivity contribution is 7.92. The first-order valence-corrected chi connectivity index (χ1v) is 9.35. The quantitative estimate of drug-likeness (QED) is 0.818. The number of rotatable bonds is 5. The molecule has 8 nitrogen and oxygen atoms in total. The minimum Gasteiger partial charge on any atom is -0.368 e. The molecule has 1 saturated heterocycles. The molecule has 2 heterocycles. The Morgan fingerprint density at radius 2 is 1.92 bits per heavy atom. The molecule has 1 aromatic heterocycles. The number of aromatic nitrogens is 2. The van der Waals surface area contributed by atoms with Crippen molar-refractivity contribution in [2.75, 3.05) is 16.6 Å². The predicted molar refractivity (Wildman–Crippen MR) is 91.9 cm³/mol. The van der Waals surface area contributed by atoms with E-state index in [0.29, 0.717) is 18.7 Å². The summed E-state index contributed by atoms with van der Waals surface area (Å²) in [7, 11) is -3.82. The Bertz CT molecular complexity index is 850. The van der Waals surface area contributed by atoms with Crippen molar-refractivity contribution < 1.29 is 17.9 Å². The van der Waals surface area contributed by atoms with E-state index in [1.54, 1.807) is 0 Å². The number of carbonyl (C=O) groups is 1. The summed E-state index contributed by atoms with van der Waals surface area (Å²) in [6.07, 6.45) is 1.09. The largest absolute Gasteiger partial charge is 0.368 e. The highest BCUT2D eigenvalue weighted by Gasteiger charge is 2.23. The first-order valence-electron chi connectivity index (χ1n) is 7.49. The van der Waals surface area contributed by atoms with Gasteiger partial charge < -0.3 is 10.1 Å². The third-order valence-corrected chi connectivity index (χ3v) is 5.10. The highest BCUT2D eigenvalue weighted by atomic mass is 35.5. The molecule has 0 bridgehead atoms. The minimum absolute atomic E-state index is 0.0272. The van der Waals surface area contributed by atoms with Crippen LogP contribution >= 0.6 is 11.6 Å². The van der Waals surface area contributed by atoms with Gasteiger partial charge in [0.15, 0.2) is 11.0 Å². The zero-order valence-corrected chi connectivity index (χ0v) is 14.5. The van der Waals surface area contributed by atoms with Gasteiger partial charge in [-0.05, 0) is 49.2 Å². The van der Waals surface area contributed by atoms with Gasteiger partial charge >= 0.3 is 0 Å². The molecule has 25 heavy (non-hydrogen) atoms. The maximum absolute atomic E-state index is 12.3. The van der Waals surface area contributed by atoms with Crippen LogP contribution in [0.2, 0.25) is 5.15 Å². The summed E-state index contributed by atoms with van der Waals surface area (Å²) >= 11 is 5.61. The van der Waals surface area contributed by atoms with E-state index in [0.717, 1.165) is 6.42 Å². The molecule has 1 atom stereocenters. The molecule has 1 amide bonds. The van der Waals surface area contributed by atoms with Crippen molar-refractivity contribution in [3.05, 3.63) is 41.6 Å². The Hall–Kier alpha value is -2.23. The Labute approximate surface area is 149 Å². The van der Waals surface area contributed by atoms with Crippen LogP contribution in [0.3, 0.4) is 0 Å². The van der Waals surface area contributed by atoms with Crippen molar-refractivity contribution in [1.82, 2.24) is 10.2 Å². The molecular formula is C15H15ClN4O4S. The van der Waals surface area contributed by atoms with Gasteiger partial charge in [-0.25, -0.2) is 8.42 Å². The summed E-state index contributed by atoms with van der Waals surface area (Å²) in [4.78, 5) is 12.0. The van der Waals surface area contributed by atoms with Crippen LogP contribution in [0, 0.1) is 0 Å². The van der Waals surface area contributed by atoms with Crippen molar-refractivity contribution in [3.63, 3.8) is 0 Å². The van der Waals surface area contributed by atoms with Crippen LogP contribution in [0.15, 0.2) is 41.3 Å². The molecule has 0 radical (unpaired) electrons. The van der Waals surface area contributed by atoms with Gasteiger partial charge in [0.05, 0.1) is 4.90 Å². The smallest absolute Gasteiger partial charge is 0.263 e. The predicted octanol–water partition coefficient (Wildman–Crippen LogP) is 2.05. The molecule has 2 aromatic rings. The van der Waals surface area contributed by atoms with Crippen molar-refractivity contribution >= 4 is 39.0 Å². The van der Waals surface area contributed by atoms with Crippen LogP contribution in [0.25, 0.3) is 0 Å². The molecule has 3 rings (SSSR count). The van der Waals surface area contributed by atoms with E-state index in [2.05, 4.69) is 20.2 Å². The normalized spacial score (nSPS) is 17.2. The van der Waals surface area contributed by atoms with Crippen molar-refractivity contribution in [2.45, 2.75) is 23.8 Å². The molecule has 1 fully saturated rings. The Kier molecular flexibility index (Phi) is 5.16. The third-order valence-electron chi connectivity index (χ3n) is 3.53. The fourth-order valence-corrected chi connectivity index (χ4v) is 3.39. The number of benzene rings is 1. The Morgan fingerprint density at radius 1 is 1.16 bits per heavy atom. The maximum Gasteiger partial charge on any atom is 0.263 e. The summed E-state index contributed by atoms with van der Waals surface area (Å²) in [6.45, 7) is 0.578. The van der Waals surface area contributed by atoms with E-state index in [4.69, 9.17) is 16.3 Å². The topological polar surface area (TPSA) is 110 Å². The number of halogens is 1. The first-order chi connectivity index (χ1) is 11.9. The van der Waals surface area contributed by atoms with Gasteiger partial charge in [-0.3, -0.25) is 9.52 Å². The van der Waals surface area contributed by atoms with E-state index in [9.17, 15) is 13.2 Å². The molecule has 0 saturated carbocycles. The lowest BCUT2D eigenvalue weighted by Gasteiger charge is -2.11. The number of carbonyl (C=O) groups excluding carboxylic acids is 1. The standard InChI is InChI=1S/C15H15ClN4O4S/c16-13-7-8-14(19-18-13)20-25(22,23)11-5-3-10(4-6-11)17-15(21)12-2-1-9-24-12/h3-8,12H,1-2,9H2,(H,17,21)(H,19,20). The molecule has 1 aliphatic heterocycles. The number of hydrogen-bond acceptors (Lipinski definition) is 6. The zero-order chi connectivity index (χ0) is 17.9. The van der Waals surface area contributed by atoms with Crippen molar-refractivity contribution in [3.8, 4) is 0 Å². The van der Waals surface area contributed by atoms with Crippen LogP contribution in [-0.2, 0) is 19.6 Å². The average molecular weight is 383 g/mol. The molecule has 1 unspecified atom stereocenters. The fraction of sp³-hybridized carbons (Fsp3) is 0.267. The number of ether oxygens (including phenoxy) is 1. The van der Waals surface area contributed by atoms with Gasteiger partial charge in [0.1, 0.15) is 6.10 Å². The number of sulfonamides is 1. The molecule has 2 N–H and O–H groups in total. The van der Waals surface area contributed by atoms with Gasteiger partial charge in [0, 0.05) is 12.3 Å². The van der Waals surface area contributed by atoms with E-state index in [1.165, 1.54) is 36.4 Å². The average Bonchev–Trinajstić information content (AvgIpc) is 3.12. The van der Waals surface area contributed by atoms with Crippen LogP contribution in [-0.4, -0.2) is 37.2 Å². The van der Waals surface area contributed by atoms with Crippen LogP contribution in [0.1, 0.15) is 12.8 Å². The molecule has 132 valence electrons. The van der Waals surface area contributed by atoms with Gasteiger partial charge in [-0.15, -0.1) is 10.2 Å². The van der Waals surface area contributed by atoms with Gasteiger partial charge in [0.2, 0.25) is 0 Å². The first kappa shape index (κ1) is 17.6. The Balaban J connectivity index is 1.68. The van der Waals surface area contributed by atoms with Crippen molar-refractivity contribution in [2.24, 2.45) is 0 Å². The molecule has 0 aliphatic carbocycles. The summed E-state index contributed by atoms with van der Waals surface area (Å²) in [5.74, 6) is -0.178. The number of nitrogens with one attached hydrogen (secondary N) is 2. The minimum atomic E-state index is -3.82. The number of amides is 1. The van der Waals surface area contributed by atoms with E-state index in [-0.39, 0.29) is 21.8 Å². The van der Waals surface area contributed by atoms with Crippen LogP contribution in [0.4, 0.5) is 11.5 Å². The van der Waals surface area contributed by atoms with Crippen molar-refractivity contribution in [1.29, 1.82) is 0 Å². The zero-order valence-electron chi connectivity index (χ0n) is 13.0. The molecule has 10 heteroatoms. The van der Waals surface area contributed by atoms with Gasteiger partial charge in [-0.2, -0.15) is 0 Å². The molecule has 1 aliphatic rings. The lowest BCUT2D eigenvalue weighted by molar-refractivity contribution is -0.124. The van der Waals surface area contributed by atoms with E-state index in [1.807, 2.05) is 0 Å². The lowest BCUT2D eigenvalue weighted by Crippen LogP contribution is -2.26. The fourth-order valence-electron chi connectivity index (χ4n) is 2.29. The summed E-state index contributed by atoms with van der Waals surface area (Å²) in [5.41, 5.74) is 0.491. The second-order valence-corrected chi connectivity index (χ2v) is 7.43. The van der Waals surface area contributed by atoms with E-state index < -0.39 is 16.1 Å². The molecular weight excluding hydrogens is 368 g/mol. The van der Waals surface area contributed by atoms with Gasteiger partial charge in [0.25, 0.3) is 15.9 Å². The summed E-state index contributed by atoms with van der Waals surface area (Å²) in [5, 5.41) is 10.1. The maximum atomic E-state index is 12.3. The summed E-state index contributed by atoms with van der Waals surface area (Å²) < 4.78 is 32.2. The van der Waals surface area contributed by atoms with Gasteiger partial charge in [-0.1, -0.05) is 11.6 Å². The number of hydrogen-bond donors (Lipinski definition) is 2. The highest BCUT2D eigenvalue weighted by Crippen LogP contribution is 2.19. The molecule has 1 aromatic carbocycles.